The molecule has 0 aliphatic heterocycles. The second-order valence-corrected chi connectivity index (χ2v) is 2.55. The van der Waals surface area contributed by atoms with Gasteiger partial charge < -0.3 is 4.74 Å². The number of aryl methyl sites for hydroxylation is 1. The zero-order valence-electron chi connectivity index (χ0n) is 7.33. The summed E-state index contributed by atoms with van der Waals surface area (Å²) in [5.41, 5.74) is 1.78. The minimum Gasteiger partial charge on any atom is -0.496 e. The minimum absolute atomic E-state index is 0.606. The van der Waals surface area contributed by atoms with Crippen molar-refractivity contribution in [3.63, 3.8) is 0 Å². The zero-order valence-corrected chi connectivity index (χ0v) is 7.33. The quantitative estimate of drug-likeness (QED) is 0.639. The Kier molecular flexibility index (Phi) is 2.86. The molecule has 1 aromatic rings. The maximum absolute atomic E-state index is 10.5. The molecule has 0 N–H and O–H groups in total. The molecule has 0 aliphatic rings. The van der Waals surface area contributed by atoms with Gasteiger partial charge in [-0.3, -0.25) is 4.79 Å². The first kappa shape index (κ1) is 8.78. The third-order valence-electron chi connectivity index (χ3n) is 1.83. The van der Waals surface area contributed by atoms with Gasteiger partial charge in [0.15, 0.2) is 6.29 Å². The summed E-state index contributed by atoms with van der Waals surface area (Å²) in [4.78, 5) is 10.5. The van der Waals surface area contributed by atoms with E-state index in [-0.39, 0.29) is 0 Å². The summed E-state index contributed by atoms with van der Waals surface area (Å²) in [6, 6.07) is 5.61. The molecule has 0 aliphatic carbocycles. The highest BCUT2D eigenvalue weighted by Gasteiger charge is 2.01. The van der Waals surface area contributed by atoms with E-state index < -0.39 is 0 Å². The zero-order chi connectivity index (χ0) is 8.97. The molecule has 0 radical (unpaired) electrons. The number of benzene rings is 1. The molecule has 0 amide bonds. The Morgan fingerprint density at radius 3 is 2.75 bits per heavy atom. The van der Waals surface area contributed by atoms with Crippen molar-refractivity contribution in [2.75, 3.05) is 7.11 Å². The van der Waals surface area contributed by atoms with Gasteiger partial charge in [-0.2, -0.15) is 0 Å². The Labute approximate surface area is 72.2 Å². The first-order valence-electron chi connectivity index (χ1n) is 3.94. The molecule has 2 nitrogen and oxygen atoms in total. The third kappa shape index (κ3) is 1.64. The largest absolute Gasteiger partial charge is 0.496 e. The van der Waals surface area contributed by atoms with Gasteiger partial charge >= 0.3 is 0 Å². The minimum atomic E-state index is 0.606. The van der Waals surface area contributed by atoms with Gasteiger partial charge in [-0.15, -0.1) is 0 Å². The lowest BCUT2D eigenvalue weighted by Crippen LogP contribution is -1.91. The maximum Gasteiger partial charge on any atom is 0.153 e. The predicted octanol–water partition coefficient (Wildman–Crippen LogP) is 2.07. The Morgan fingerprint density at radius 2 is 2.25 bits per heavy atom. The molecular formula is C10H12O2. The molecule has 12 heavy (non-hydrogen) atoms. The highest BCUT2D eigenvalue weighted by molar-refractivity contribution is 5.79. The molecule has 0 bridgehead atoms. The fourth-order valence-corrected chi connectivity index (χ4v) is 1.07. The van der Waals surface area contributed by atoms with Crippen LogP contribution in [0.25, 0.3) is 0 Å². The molecule has 0 saturated carbocycles. The lowest BCUT2D eigenvalue weighted by Gasteiger charge is -2.04. The Balaban J connectivity index is 3.10. The lowest BCUT2D eigenvalue weighted by molar-refractivity contribution is 0.112. The molecule has 0 spiro atoms. The van der Waals surface area contributed by atoms with Crippen LogP contribution in [-0.4, -0.2) is 13.4 Å². The highest BCUT2D eigenvalue weighted by Crippen LogP contribution is 2.18. The first-order chi connectivity index (χ1) is 5.81. The van der Waals surface area contributed by atoms with Crippen molar-refractivity contribution in [2.24, 2.45) is 0 Å². The third-order valence-corrected chi connectivity index (χ3v) is 1.83. The van der Waals surface area contributed by atoms with Gasteiger partial charge in [0.05, 0.1) is 12.7 Å². The van der Waals surface area contributed by atoms with E-state index in [0.717, 1.165) is 12.7 Å². The van der Waals surface area contributed by atoms with Crippen LogP contribution >= 0.6 is 0 Å². The van der Waals surface area contributed by atoms with E-state index in [4.69, 9.17) is 4.74 Å². The van der Waals surface area contributed by atoms with Crippen LogP contribution in [0.5, 0.6) is 5.75 Å². The number of rotatable bonds is 3. The van der Waals surface area contributed by atoms with Gasteiger partial charge in [0.1, 0.15) is 5.75 Å². The second kappa shape index (κ2) is 3.90. The molecule has 2 heteroatoms. The average molecular weight is 164 g/mol. The van der Waals surface area contributed by atoms with E-state index in [2.05, 4.69) is 6.92 Å². The van der Waals surface area contributed by atoms with Gasteiger partial charge in [-0.25, -0.2) is 0 Å². The summed E-state index contributed by atoms with van der Waals surface area (Å²) in [5, 5.41) is 0. The van der Waals surface area contributed by atoms with Crippen molar-refractivity contribution in [3.8, 4) is 5.75 Å². The van der Waals surface area contributed by atoms with Crippen LogP contribution in [-0.2, 0) is 6.42 Å². The molecule has 0 atom stereocenters. The fraction of sp³-hybridized carbons (Fsp3) is 0.300. The number of ether oxygens (including phenoxy) is 1. The standard InChI is InChI=1S/C10H12O2/c1-3-8-4-5-9(7-11)10(6-8)12-2/h4-7H,3H2,1-2H3. The van der Waals surface area contributed by atoms with E-state index in [1.54, 1.807) is 13.2 Å². The van der Waals surface area contributed by atoms with Crippen molar-refractivity contribution in [2.45, 2.75) is 13.3 Å². The first-order valence-corrected chi connectivity index (χ1v) is 3.94. The molecule has 0 saturated heterocycles. The summed E-state index contributed by atoms with van der Waals surface area (Å²) in [7, 11) is 1.57. The molecule has 0 unspecified atom stereocenters. The number of aldehydes is 1. The number of hydrogen-bond acceptors (Lipinski definition) is 2. The van der Waals surface area contributed by atoms with Crippen molar-refractivity contribution in [3.05, 3.63) is 29.3 Å². The number of carbonyl (C=O) groups is 1. The SMILES string of the molecule is CCc1ccc(C=O)c(OC)c1. The van der Waals surface area contributed by atoms with Gasteiger partial charge in [-0.05, 0) is 24.1 Å². The monoisotopic (exact) mass is 164 g/mol. The summed E-state index contributed by atoms with van der Waals surface area (Å²) >= 11 is 0. The topological polar surface area (TPSA) is 26.3 Å². The number of hydrogen-bond donors (Lipinski definition) is 0. The van der Waals surface area contributed by atoms with Crippen molar-refractivity contribution in [1.29, 1.82) is 0 Å². The van der Waals surface area contributed by atoms with Gasteiger partial charge in [0.25, 0.3) is 0 Å². The van der Waals surface area contributed by atoms with Crippen molar-refractivity contribution >= 4 is 6.29 Å². The van der Waals surface area contributed by atoms with E-state index in [1.165, 1.54) is 5.56 Å². The van der Waals surface area contributed by atoms with E-state index in [1.807, 2.05) is 12.1 Å². The van der Waals surface area contributed by atoms with Gasteiger partial charge in [0, 0.05) is 0 Å². The van der Waals surface area contributed by atoms with Crippen LogP contribution in [0, 0.1) is 0 Å². The van der Waals surface area contributed by atoms with Crippen LogP contribution in [0.1, 0.15) is 22.8 Å². The molecule has 0 heterocycles. The van der Waals surface area contributed by atoms with Crippen LogP contribution < -0.4 is 4.74 Å². The molecule has 0 fully saturated rings. The smallest absolute Gasteiger partial charge is 0.153 e. The normalized spacial score (nSPS) is 9.50. The van der Waals surface area contributed by atoms with Crippen LogP contribution in [0.3, 0.4) is 0 Å². The van der Waals surface area contributed by atoms with E-state index >= 15 is 0 Å². The summed E-state index contributed by atoms with van der Waals surface area (Å²) in [5.74, 6) is 0.657. The Morgan fingerprint density at radius 1 is 1.50 bits per heavy atom. The molecular weight excluding hydrogens is 152 g/mol. The fourth-order valence-electron chi connectivity index (χ4n) is 1.07. The van der Waals surface area contributed by atoms with Gasteiger partial charge in [0.2, 0.25) is 0 Å². The van der Waals surface area contributed by atoms with Crippen LogP contribution in [0.2, 0.25) is 0 Å². The predicted molar refractivity (Wildman–Crippen MR) is 47.8 cm³/mol. The maximum atomic E-state index is 10.5. The molecule has 1 rings (SSSR count). The Bertz CT molecular complexity index is 279. The van der Waals surface area contributed by atoms with Crippen molar-refractivity contribution < 1.29 is 9.53 Å². The number of carbonyl (C=O) groups excluding carboxylic acids is 1. The second-order valence-electron chi connectivity index (χ2n) is 2.55. The van der Waals surface area contributed by atoms with Gasteiger partial charge in [-0.1, -0.05) is 13.0 Å². The molecule has 64 valence electrons. The summed E-state index contributed by atoms with van der Waals surface area (Å²) in [6.07, 6.45) is 1.76. The molecule has 1 aromatic carbocycles. The van der Waals surface area contributed by atoms with E-state index in [9.17, 15) is 4.79 Å². The molecule has 0 aromatic heterocycles. The Hall–Kier alpha value is -1.31. The van der Waals surface area contributed by atoms with Crippen molar-refractivity contribution in [1.82, 2.24) is 0 Å². The van der Waals surface area contributed by atoms with Crippen LogP contribution in [0.4, 0.5) is 0 Å². The summed E-state index contributed by atoms with van der Waals surface area (Å²) in [6.45, 7) is 2.06. The summed E-state index contributed by atoms with van der Waals surface area (Å²) < 4.78 is 5.05. The van der Waals surface area contributed by atoms with E-state index in [0.29, 0.717) is 11.3 Å². The lowest BCUT2D eigenvalue weighted by atomic mass is 10.1. The number of methoxy groups -OCH3 is 1. The average Bonchev–Trinajstić information content (AvgIpc) is 2.16. The van der Waals surface area contributed by atoms with Crippen LogP contribution in [0.15, 0.2) is 18.2 Å². The highest BCUT2D eigenvalue weighted by atomic mass is 16.5.